The zero-order valence-corrected chi connectivity index (χ0v) is 38.8. The van der Waals surface area contributed by atoms with Gasteiger partial charge in [0.1, 0.15) is 12.1 Å². The maximum atomic E-state index is 12.8. The topological polar surface area (TPSA) is 119 Å². The number of nitrogens with one attached hydrogen (secondary N) is 1. The fourth-order valence-electron chi connectivity index (χ4n) is 6.97. The lowest BCUT2D eigenvalue weighted by molar-refractivity contribution is -0.147. The van der Waals surface area contributed by atoms with Crippen LogP contribution in [0.15, 0.2) is 72.9 Å². The molecule has 0 aliphatic carbocycles. The number of hydrogen-bond acceptors (Lipinski definition) is 5. The summed E-state index contributed by atoms with van der Waals surface area (Å²) in [7, 11) is 0. The summed E-state index contributed by atoms with van der Waals surface area (Å²) in [6, 6.07) is -0.870. The lowest BCUT2D eigenvalue weighted by Crippen LogP contribution is -2.40. The molecule has 0 aromatic rings. The van der Waals surface area contributed by atoms with E-state index >= 15 is 0 Å². The van der Waals surface area contributed by atoms with Crippen LogP contribution in [0, 0.1) is 0 Å². The molecule has 0 fully saturated rings. The first-order valence-corrected chi connectivity index (χ1v) is 24.8. The Balaban J connectivity index is 4.30. The van der Waals surface area contributed by atoms with E-state index in [9.17, 15) is 19.5 Å². The number of carboxylic acids is 1. The van der Waals surface area contributed by atoms with Crippen molar-refractivity contribution in [2.75, 3.05) is 6.54 Å². The minimum atomic E-state index is -1.01. The lowest BCUT2D eigenvalue weighted by atomic mass is 10.1. The number of amides is 1. The number of ether oxygens (including phenoxy) is 1. The predicted octanol–water partition coefficient (Wildman–Crippen LogP) is 14.7. The van der Waals surface area contributed by atoms with E-state index in [1.807, 2.05) is 0 Å². The Labute approximate surface area is 369 Å². The first-order chi connectivity index (χ1) is 29.4. The summed E-state index contributed by atoms with van der Waals surface area (Å²) >= 11 is 0. The molecule has 7 nitrogen and oxygen atoms in total. The third-order valence-electron chi connectivity index (χ3n) is 10.7. The Kier molecular flexibility index (Phi) is 44.4. The van der Waals surface area contributed by atoms with Gasteiger partial charge in [0.05, 0.1) is 0 Å². The molecule has 0 rings (SSSR count). The van der Waals surface area contributed by atoms with Crippen molar-refractivity contribution in [1.82, 2.24) is 5.32 Å². The standard InChI is InChI=1S/C53H92N2O5/c1-3-5-7-9-11-13-15-16-17-18-19-20-21-22-23-24-25-26-28-30-32-37-41-47-52(57)60-49(43-38-34-31-29-27-14-12-10-8-6-4-2)44-39-35-33-36-40-46-51(56)55-50(53(58)59)45-42-48-54/h12,14-16,18-19,21-22,29,31,38,43,49-50H,3-11,13,17,20,23-28,30,32-37,39-42,44-48,54H2,1-2H3,(H,55,56)(H,58,59)/b14-12-,16-15-,19-18-,22-21-,31-29-,43-38-. The fourth-order valence-corrected chi connectivity index (χ4v) is 6.97. The van der Waals surface area contributed by atoms with Crippen molar-refractivity contribution in [3.05, 3.63) is 72.9 Å². The van der Waals surface area contributed by atoms with Gasteiger partial charge < -0.3 is 20.9 Å². The molecule has 0 radical (unpaired) electrons. The van der Waals surface area contributed by atoms with Gasteiger partial charge in [-0.05, 0) is 115 Å². The van der Waals surface area contributed by atoms with E-state index in [1.54, 1.807) is 0 Å². The van der Waals surface area contributed by atoms with E-state index in [1.165, 1.54) is 103 Å². The SMILES string of the molecule is CCCCC/C=C\C/C=C\C/C=C\C(CCCCCCCC(=O)NC(CCCN)C(=O)O)OC(=O)CCCCCCCCCC/C=C\C/C=C\C/C=C\CCCCCCC. The van der Waals surface area contributed by atoms with Gasteiger partial charge in [0.2, 0.25) is 5.91 Å². The number of unbranched alkanes of at least 4 members (excludes halogenated alkanes) is 20. The summed E-state index contributed by atoms with van der Waals surface area (Å²) in [6.45, 7) is 4.90. The second kappa shape index (κ2) is 46.9. The quantitative estimate of drug-likeness (QED) is 0.0319. The predicted molar refractivity (Wildman–Crippen MR) is 257 cm³/mol. The number of esters is 1. The number of nitrogens with two attached hydrogens (primary N) is 1. The minimum Gasteiger partial charge on any atom is -0.480 e. The van der Waals surface area contributed by atoms with Gasteiger partial charge in [0, 0.05) is 12.8 Å². The highest BCUT2D eigenvalue weighted by molar-refractivity contribution is 5.83. The number of carboxylic acid groups (broad SMARTS) is 1. The molecule has 0 bridgehead atoms. The summed E-state index contributed by atoms with van der Waals surface area (Å²) in [5, 5.41) is 11.9. The number of aliphatic carboxylic acids is 1. The Bertz CT molecular complexity index is 1170. The smallest absolute Gasteiger partial charge is 0.326 e. The fraction of sp³-hybridized carbons (Fsp3) is 0.717. The molecule has 4 N–H and O–H groups in total. The first kappa shape index (κ1) is 56.8. The summed E-state index contributed by atoms with van der Waals surface area (Å²) in [5.41, 5.74) is 5.49. The summed E-state index contributed by atoms with van der Waals surface area (Å²) < 4.78 is 5.95. The van der Waals surface area contributed by atoms with Crippen molar-refractivity contribution >= 4 is 17.8 Å². The van der Waals surface area contributed by atoms with Crippen LogP contribution in [0.3, 0.4) is 0 Å². The van der Waals surface area contributed by atoms with Gasteiger partial charge in [-0.1, -0.05) is 177 Å². The highest BCUT2D eigenvalue weighted by atomic mass is 16.5. The average Bonchev–Trinajstić information content (AvgIpc) is 3.23. The Morgan fingerprint density at radius 2 is 0.917 bits per heavy atom. The van der Waals surface area contributed by atoms with Crippen LogP contribution in [0.5, 0.6) is 0 Å². The largest absolute Gasteiger partial charge is 0.480 e. The van der Waals surface area contributed by atoms with E-state index in [0.717, 1.165) is 83.5 Å². The molecule has 0 saturated carbocycles. The molecule has 0 saturated heterocycles. The van der Waals surface area contributed by atoms with Crippen molar-refractivity contribution < 1.29 is 24.2 Å². The lowest BCUT2D eigenvalue weighted by Gasteiger charge is -2.15. The van der Waals surface area contributed by atoms with E-state index in [0.29, 0.717) is 32.2 Å². The van der Waals surface area contributed by atoms with Crippen LogP contribution in [-0.2, 0) is 19.1 Å². The van der Waals surface area contributed by atoms with Gasteiger partial charge in [-0.3, -0.25) is 9.59 Å². The summed E-state index contributed by atoms with van der Waals surface area (Å²) in [4.78, 5) is 36.4. The van der Waals surface area contributed by atoms with Crippen molar-refractivity contribution in [3.8, 4) is 0 Å². The first-order valence-electron chi connectivity index (χ1n) is 24.8. The van der Waals surface area contributed by atoms with Gasteiger partial charge >= 0.3 is 11.9 Å². The monoisotopic (exact) mass is 837 g/mol. The molecule has 0 aliphatic heterocycles. The van der Waals surface area contributed by atoms with E-state index < -0.39 is 12.0 Å². The minimum absolute atomic E-state index is 0.102. The maximum Gasteiger partial charge on any atom is 0.326 e. The second-order valence-corrected chi connectivity index (χ2v) is 16.5. The molecule has 0 heterocycles. The van der Waals surface area contributed by atoms with Gasteiger partial charge in [-0.25, -0.2) is 4.79 Å². The highest BCUT2D eigenvalue weighted by Gasteiger charge is 2.19. The number of rotatable bonds is 44. The van der Waals surface area contributed by atoms with Crippen molar-refractivity contribution in [3.63, 3.8) is 0 Å². The number of hydrogen-bond donors (Lipinski definition) is 3. The zero-order chi connectivity index (χ0) is 43.8. The van der Waals surface area contributed by atoms with Crippen LogP contribution >= 0.6 is 0 Å². The van der Waals surface area contributed by atoms with E-state index in [2.05, 4.69) is 92.1 Å². The molecule has 1 amide bonds. The molecule has 2 atom stereocenters. The van der Waals surface area contributed by atoms with Crippen LogP contribution < -0.4 is 11.1 Å². The van der Waals surface area contributed by atoms with Crippen molar-refractivity contribution in [2.24, 2.45) is 5.73 Å². The molecular weight excluding hydrogens is 745 g/mol. The number of carbonyl (C=O) groups excluding carboxylic acids is 2. The maximum absolute atomic E-state index is 12.8. The van der Waals surface area contributed by atoms with Gasteiger partial charge in [0.15, 0.2) is 0 Å². The average molecular weight is 837 g/mol. The van der Waals surface area contributed by atoms with Crippen LogP contribution in [0.25, 0.3) is 0 Å². The zero-order valence-electron chi connectivity index (χ0n) is 38.8. The van der Waals surface area contributed by atoms with Crippen molar-refractivity contribution in [2.45, 2.75) is 238 Å². The summed E-state index contributed by atoms with van der Waals surface area (Å²) in [6.07, 6.45) is 61.2. The molecule has 0 aromatic heterocycles. The molecule has 344 valence electrons. The van der Waals surface area contributed by atoms with Crippen molar-refractivity contribution in [1.29, 1.82) is 0 Å². The molecule has 0 spiro atoms. The van der Waals surface area contributed by atoms with E-state index in [4.69, 9.17) is 10.5 Å². The Morgan fingerprint density at radius 3 is 1.43 bits per heavy atom. The molecule has 60 heavy (non-hydrogen) atoms. The van der Waals surface area contributed by atoms with Crippen LogP contribution in [0.1, 0.15) is 226 Å². The third-order valence-corrected chi connectivity index (χ3v) is 10.7. The third kappa shape index (κ3) is 42.9. The number of carbonyl (C=O) groups is 3. The highest BCUT2D eigenvalue weighted by Crippen LogP contribution is 2.16. The summed E-state index contributed by atoms with van der Waals surface area (Å²) in [5.74, 6) is -1.34. The molecule has 2 unspecified atom stereocenters. The number of allylic oxidation sites excluding steroid dienone is 11. The van der Waals surface area contributed by atoms with E-state index in [-0.39, 0.29) is 18.0 Å². The molecule has 0 aromatic carbocycles. The van der Waals surface area contributed by atoms with Crippen LogP contribution in [0.4, 0.5) is 0 Å². The molecular formula is C53H92N2O5. The normalized spacial score (nSPS) is 13.2. The molecule has 7 heteroatoms. The Hall–Kier alpha value is -3.19. The molecule has 0 aliphatic rings. The van der Waals surface area contributed by atoms with Gasteiger partial charge in [-0.2, -0.15) is 0 Å². The van der Waals surface area contributed by atoms with Crippen LogP contribution in [0.2, 0.25) is 0 Å². The van der Waals surface area contributed by atoms with Gasteiger partial charge in [-0.15, -0.1) is 0 Å². The van der Waals surface area contributed by atoms with Gasteiger partial charge in [0.25, 0.3) is 0 Å². The van der Waals surface area contributed by atoms with Crippen LogP contribution in [-0.4, -0.2) is 41.6 Å². The Morgan fingerprint density at radius 1 is 0.500 bits per heavy atom. The second-order valence-electron chi connectivity index (χ2n) is 16.5.